The van der Waals surface area contributed by atoms with Gasteiger partial charge in [-0.1, -0.05) is 24.3 Å². The fourth-order valence-electron chi connectivity index (χ4n) is 3.15. The Morgan fingerprint density at radius 3 is 2.58 bits per heavy atom. The van der Waals surface area contributed by atoms with Crippen LogP contribution in [0.1, 0.15) is 34.0 Å². The molecule has 0 saturated carbocycles. The molecule has 1 aliphatic rings. The van der Waals surface area contributed by atoms with Crippen LogP contribution in [0.15, 0.2) is 42.5 Å². The minimum absolute atomic E-state index is 0.106. The summed E-state index contributed by atoms with van der Waals surface area (Å²) in [7, 11) is 0. The molecule has 0 radical (unpaired) electrons. The normalized spacial score (nSPS) is 16.0. The van der Waals surface area contributed by atoms with Crippen molar-refractivity contribution in [2.24, 2.45) is 0 Å². The Balaban J connectivity index is 2.01. The molecule has 0 fully saturated rings. The number of para-hydroxylation sites is 1. The van der Waals surface area contributed by atoms with E-state index >= 15 is 0 Å². The predicted molar refractivity (Wildman–Crippen MR) is 95.3 cm³/mol. The maximum absolute atomic E-state index is 13.1. The molecule has 1 N–H and O–H groups in total. The van der Waals surface area contributed by atoms with Crippen LogP contribution in [0.5, 0.6) is 0 Å². The lowest BCUT2D eigenvalue weighted by Gasteiger charge is -2.25. The number of likely N-dealkylation sites (N-methyl/N-ethyl adjacent to an activating group) is 1. The second-order valence-corrected chi connectivity index (χ2v) is 6.22. The molecule has 1 atom stereocenters. The molecule has 24 heavy (non-hydrogen) atoms. The quantitative estimate of drug-likeness (QED) is 0.944. The summed E-state index contributed by atoms with van der Waals surface area (Å²) < 4.78 is 0. The highest BCUT2D eigenvalue weighted by molar-refractivity contribution is 6.11. The van der Waals surface area contributed by atoms with E-state index in [1.165, 1.54) is 0 Å². The first-order valence-electron chi connectivity index (χ1n) is 8.29. The highest BCUT2D eigenvalue weighted by Gasteiger charge is 2.38. The van der Waals surface area contributed by atoms with E-state index in [0.717, 1.165) is 22.4 Å². The molecule has 2 amide bonds. The minimum Gasteiger partial charge on any atom is -0.355 e. The second kappa shape index (κ2) is 6.48. The number of fused-ring (bicyclic) bond motifs is 1. The summed E-state index contributed by atoms with van der Waals surface area (Å²) in [5, 5.41) is 2.85. The first-order valence-corrected chi connectivity index (χ1v) is 8.29. The fraction of sp³-hybridized carbons (Fsp3) is 0.300. The lowest BCUT2D eigenvalue weighted by Crippen LogP contribution is -2.48. The fourth-order valence-corrected chi connectivity index (χ4v) is 3.15. The van der Waals surface area contributed by atoms with Crippen LogP contribution in [-0.4, -0.2) is 24.4 Å². The topological polar surface area (TPSA) is 49.4 Å². The number of anilines is 1. The van der Waals surface area contributed by atoms with E-state index in [9.17, 15) is 9.59 Å². The summed E-state index contributed by atoms with van der Waals surface area (Å²) in [6, 6.07) is 12.9. The zero-order chi connectivity index (χ0) is 17.3. The molecule has 2 aromatic rings. The number of carbonyl (C=O) groups excluding carboxylic acids is 2. The molecule has 0 bridgehead atoms. The Labute approximate surface area is 142 Å². The number of nitrogens with one attached hydrogen (secondary N) is 1. The van der Waals surface area contributed by atoms with Gasteiger partial charge in [0.2, 0.25) is 5.91 Å². The minimum atomic E-state index is -0.489. The van der Waals surface area contributed by atoms with Gasteiger partial charge < -0.3 is 5.32 Å². The zero-order valence-electron chi connectivity index (χ0n) is 14.3. The summed E-state index contributed by atoms with van der Waals surface area (Å²) in [6.07, 6.45) is 0.554. The summed E-state index contributed by atoms with van der Waals surface area (Å²) in [4.78, 5) is 27.3. The van der Waals surface area contributed by atoms with Crippen LogP contribution in [0.3, 0.4) is 0 Å². The van der Waals surface area contributed by atoms with Gasteiger partial charge in [0.15, 0.2) is 0 Å². The van der Waals surface area contributed by atoms with Crippen LogP contribution in [0, 0.1) is 13.8 Å². The summed E-state index contributed by atoms with van der Waals surface area (Å²) in [5.74, 6) is -0.231. The first kappa shape index (κ1) is 16.2. The van der Waals surface area contributed by atoms with Crippen molar-refractivity contribution in [1.29, 1.82) is 0 Å². The van der Waals surface area contributed by atoms with E-state index < -0.39 is 6.04 Å². The monoisotopic (exact) mass is 322 g/mol. The lowest BCUT2D eigenvalue weighted by atomic mass is 10.0. The van der Waals surface area contributed by atoms with Crippen molar-refractivity contribution < 1.29 is 9.59 Å². The maximum atomic E-state index is 13.1. The molecule has 0 aliphatic carbocycles. The Morgan fingerprint density at radius 2 is 1.88 bits per heavy atom. The Kier molecular flexibility index (Phi) is 4.38. The molecule has 4 heteroatoms. The van der Waals surface area contributed by atoms with E-state index in [1.54, 1.807) is 4.90 Å². The van der Waals surface area contributed by atoms with Crippen LogP contribution in [0.25, 0.3) is 0 Å². The van der Waals surface area contributed by atoms with Crippen molar-refractivity contribution in [2.45, 2.75) is 33.2 Å². The van der Waals surface area contributed by atoms with Crippen molar-refractivity contribution in [1.82, 2.24) is 5.32 Å². The molecule has 1 heterocycles. The molecular formula is C20H22N2O2. The highest BCUT2D eigenvalue weighted by atomic mass is 16.2. The number of aryl methyl sites for hydroxylation is 2. The van der Waals surface area contributed by atoms with Crippen molar-refractivity contribution in [3.8, 4) is 0 Å². The van der Waals surface area contributed by atoms with Crippen molar-refractivity contribution in [3.05, 3.63) is 64.7 Å². The molecule has 3 rings (SSSR count). The summed E-state index contributed by atoms with van der Waals surface area (Å²) in [5.41, 5.74) is 4.70. The number of nitrogens with zero attached hydrogens (tertiary/aromatic N) is 1. The number of carbonyl (C=O) groups is 2. The van der Waals surface area contributed by atoms with E-state index in [2.05, 4.69) is 5.32 Å². The number of hydrogen-bond donors (Lipinski definition) is 1. The maximum Gasteiger partial charge on any atom is 0.259 e. The van der Waals surface area contributed by atoms with Gasteiger partial charge in [-0.3, -0.25) is 14.5 Å². The third kappa shape index (κ3) is 2.80. The number of amides is 2. The van der Waals surface area contributed by atoms with Gasteiger partial charge in [-0.25, -0.2) is 0 Å². The second-order valence-electron chi connectivity index (χ2n) is 6.22. The highest BCUT2D eigenvalue weighted by Crippen LogP contribution is 2.33. The molecular weight excluding hydrogens is 300 g/mol. The third-order valence-corrected chi connectivity index (χ3v) is 4.60. The third-order valence-electron chi connectivity index (χ3n) is 4.60. The predicted octanol–water partition coefficient (Wildman–Crippen LogP) is 3.01. The molecule has 0 aromatic heterocycles. The van der Waals surface area contributed by atoms with Crippen LogP contribution < -0.4 is 10.2 Å². The standard InChI is InChI=1S/C20H22N2O2/c1-4-21-19(23)18-12-15-7-5-6-8-17(15)22(18)20(24)16-10-9-13(2)14(3)11-16/h5-11,18H,4,12H2,1-3H3,(H,21,23). The van der Waals surface area contributed by atoms with Gasteiger partial charge in [-0.2, -0.15) is 0 Å². The van der Waals surface area contributed by atoms with Crippen molar-refractivity contribution in [2.75, 3.05) is 11.4 Å². The van der Waals surface area contributed by atoms with Gasteiger partial charge in [0.25, 0.3) is 5.91 Å². The molecule has 2 aromatic carbocycles. The van der Waals surface area contributed by atoms with Crippen LogP contribution in [0.2, 0.25) is 0 Å². The molecule has 0 spiro atoms. The van der Waals surface area contributed by atoms with Gasteiger partial charge in [0, 0.05) is 24.2 Å². The summed E-state index contributed by atoms with van der Waals surface area (Å²) >= 11 is 0. The van der Waals surface area contributed by atoms with Gasteiger partial charge in [-0.15, -0.1) is 0 Å². The Bertz CT molecular complexity index is 798. The van der Waals surface area contributed by atoms with Crippen LogP contribution in [-0.2, 0) is 11.2 Å². The van der Waals surface area contributed by atoms with Crippen LogP contribution >= 0.6 is 0 Å². The largest absolute Gasteiger partial charge is 0.355 e. The van der Waals surface area contributed by atoms with E-state index in [-0.39, 0.29) is 11.8 Å². The molecule has 4 nitrogen and oxygen atoms in total. The lowest BCUT2D eigenvalue weighted by molar-refractivity contribution is -0.122. The zero-order valence-corrected chi connectivity index (χ0v) is 14.3. The van der Waals surface area contributed by atoms with Gasteiger partial charge in [0.1, 0.15) is 6.04 Å². The molecule has 1 aliphatic heterocycles. The van der Waals surface area contributed by atoms with Gasteiger partial charge in [-0.05, 0) is 55.7 Å². The average Bonchev–Trinajstić information content (AvgIpc) is 2.96. The van der Waals surface area contributed by atoms with Crippen LogP contribution in [0.4, 0.5) is 5.69 Å². The van der Waals surface area contributed by atoms with E-state index in [0.29, 0.717) is 18.5 Å². The van der Waals surface area contributed by atoms with Gasteiger partial charge in [0.05, 0.1) is 0 Å². The molecule has 124 valence electrons. The Hall–Kier alpha value is -2.62. The van der Waals surface area contributed by atoms with Gasteiger partial charge >= 0.3 is 0 Å². The SMILES string of the molecule is CCNC(=O)C1Cc2ccccc2N1C(=O)c1ccc(C)c(C)c1. The Morgan fingerprint density at radius 1 is 1.12 bits per heavy atom. The first-order chi connectivity index (χ1) is 11.5. The summed E-state index contributed by atoms with van der Waals surface area (Å²) in [6.45, 7) is 6.45. The van der Waals surface area contributed by atoms with E-state index in [1.807, 2.05) is 63.2 Å². The average molecular weight is 322 g/mol. The molecule has 1 unspecified atom stereocenters. The number of rotatable bonds is 3. The number of hydrogen-bond acceptors (Lipinski definition) is 2. The smallest absolute Gasteiger partial charge is 0.259 e. The molecule has 0 saturated heterocycles. The number of benzene rings is 2. The van der Waals surface area contributed by atoms with Crippen molar-refractivity contribution >= 4 is 17.5 Å². The van der Waals surface area contributed by atoms with E-state index in [4.69, 9.17) is 0 Å². The van der Waals surface area contributed by atoms with Crippen molar-refractivity contribution in [3.63, 3.8) is 0 Å².